The van der Waals surface area contributed by atoms with Gasteiger partial charge in [0.05, 0.1) is 12.5 Å². The lowest BCUT2D eigenvalue weighted by Gasteiger charge is -2.18. The van der Waals surface area contributed by atoms with E-state index in [9.17, 15) is 9.90 Å². The summed E-state index contributed by atoms with van der Waals surface area (Å²) in [5, 5.41) is 12.0. The minimum atomic E-state index is -0.819. The van der Waals surface area contributed by atoms with Crippen LogP contribution >= 0.6 is 0 Å². The number of carboxylic acids is 1. The molecule has 1 N–H and O–H groups in total. The van der Waals surface area contributed by atoms with E-state index in [1.54, 1.807) is 0 Å². The summed E-state index contributed by atoms with van der Waals surface area (Å²) in [5.74, 6) is -0.256. The maximum Gasteiger partial charge on any atom is 0.311 e. The summed E-state index contributed by atoms with van der Waals surface area (Å²) < 4.78 is 5.91. The van der Waals surface area contributed by atoms with E-state index in [4.69, 9.17) is 4.74 Å². The Morgan fingerprint density at radius 3 is 2.42 bits per heavy atom. The highest BCUT2D eigenvalue weighted by Gasteiger charge is 2.23. The largest absolute Gasteiger partial charge is 0.493 e. The maximum atomic E-state index is 12.1. The number of hydrogen-bond donors (Lipinski definition) is 1. The molecule has 3 rings (SSSR count). The molecule has 1 atom stereocenters. The van der Waals surface area contributed by atoms with Gasteiger partial charge < -0.3 is 9.84 Å². The molecule has 0 heterocycles. The minimum absolute atomic E-state index is 0.400. The van der Waals surface area contributed by atoms with E-state index in [-0.39, 0.29) is 0 Å². The van der Waals surface area contributed by atoms with Crippen LogP contribution in [-0.4, -0.2) is 17.7 Å². The fourth-order valence-corrected chi connectivity index (χ4v) is 3.17. The van der Waals surface area contributed by atoms with Crippen LogP contribution in [0.3, 0.4) is 0 Å². The van der Waals surface area contributed by atoms with Gasteiger partial charge in [-0.05, 0) is 40.3 Å². The Hall–Kier alpha value is -2.81. The number of para-hydroxylation sites is 1. The van der Waals surface area contributed by atoms with Gasteiger partial charge in [-0.1, -0.05) is 74.5 Å². The summed E-state index contributed by atoms with van der Waals surface area (Å²) in [7, 11) is 0. The molecule has 0 aromatic heterocycles. The van der Waals surface area contributed by atoms with Gasteiger partial charge in [0, 0.05) is 0 Å². The summed E-state index contributed by atoms with van der Waals surface area (Å²) in [4.78, 5) is 12.1. The molecule has 3 heteroatoms. The Morgan fingerprint density at radius 1 is 0.962 bits per heavy atom. The van der Waals surface area contributed by atoms with E-state index in [1.165, 1.54) is 0 Å². The SMILES string of the molecule is CC(C)COc1ccccc1CC(C(=O)O)c1cccc2ccccc12. The first kappa shape index (κ1) is 18.0. The molecule has 0 saturated heterocycles. The smallest absolute Gasteiger partial charge is 0.311 e. The first-order chi connectivity index (χ1) is 12.6. The van der Waals surface area contributed by atoms with Crippen LogP contribution in [0.5, 0.6) is 5.75 Å². The van der Waals surface area contributed by atoms with E-state index in [2.05, 4.69) is 13.8 Å². The van der Waals surface area contributed by atoms with Gasteiger partial charge in [0.25, 0.3) is 0 Å². The molecule has 0 radical (unpaired) electrons. The van der Waals surface area contributed by atoms with E-state index in [0.29, 0.717) is 18.9 Å². The number of fused-ring (bicyclic) bond motifs is 1. The molecule has 134 valence electrons. The van der Waals surface area contributed by atoms with Crippen molar-refractivity contribution in [2.75, 3.05) is 6.61 Å². The highest BCUT2D eigenvalue weighted by molar-refractivity contribution is 5.90. The number of aliphatic carboxylic acids is 1. The molecule has 3 aromatic carbocycles. The highest BCUT2D eigenvalue weighted by atomic mass is 16.5. The molecule has 0 saturated carbocycles. The van der Waals surface area contributed by atoms with Gasteiger partial charge in [-0.25, -0.2) is 0 Å². The van der Waals surface area contributed by atoms with Crippen molar-refractivity contribution in [3.05, 3.63) is 77.9 Å². The van der Waals surface area contributed by atoms with Crippen LogP contribution in [0.25, 0.3) is 10.8 Å². The minimum Gasteiger partial charge on any atom is -0.493 e. The predicted octanol–water partition coefficient (Wildman–Crippen LogP) is 5.29. The molecule has 1 unspecified atom stereocenters. The zero-order valence-corrected chi connectivity index (χ0v) is 15.2. The Bertz CT molecular complexity index is 893. The topological polar surface area (TPSA) is 46.5 Å². The van der Waals surface area contributed by atoms with Crippen molar-refractivity contribution < 1.29 is 14.6 Å². The molecular weight excluding hydrogens is 324 g/mol. The summed E-state index contributed by atoms with van der Waals surface area (Å²) in [6.45, 7) is 4.81. The quantitative estimate of drug-likeness (QED) is 0.631. The fourth-order valence-electron chi connectivity index (χ4n) is 3.17. The average molecular weight is 348 g/mol. The molecule has 0 aliphatic rings. The van der Waals surface area contributed by atoms with E-state index >= 15 is 0 Å². The normalized spacial score (nSPS) is 12.3. The van der Waals surface area contributed by atoms with Gasteiger partial charge in [0.1, 0.15) is 5.75 Å². The summed E-state index contributed by atoms with van der Waals surface area (Å²) >= 11 is 0. The lowest BCUT2D eigenvalue weighted by atomic mass is 9.88. The van der Waals surface area contributed by atoms with Crippen LogP contribution in [-0.2, 0) is 11.2 Å². The van der Waals surface area contributed by atoms with Crippen LogP contribution in [0.1, 0.15) is 30.9 Å². The van der Waals surface area contributed by atoms with Gasteiger partial charge >= 0.3 is 5.97 Å². The zero-order chi connectivity index (χ0) is 18.5. The highest BCUT2D eigenvalue weighted by Crippen LogP contribution is 2.31. The third-order valence-corrected chi connectivity index (χ3v) is 4.47. The Balaban J connectivity index is 1.97. The molecule has 0 bridgehead atoms. The molecular formula is C23H24O3. The standard InChI is InChI=1S/C23H24O3/c1-16(2)15-26-22-13-6-4-9-18(22)14-21(23(24)25)20-12-7-10-17-8-3-5-11-19(17)20/h3-13,16,21H,14-15H2,1-2H3,(H,24,25). The summed E-state index contributed by atoms with van der Waals surface area (Å²) in [6.07, 6.45) is 0.400. The molecule has 3 aromatic rings. The van der Waals surface area contributed by atoms with Crippen molar-refractivity contribution in [3.63, 3.8) is 0 Å². The number of carbonyl (C=O) groups is 1. The van der Waals surface area contributed by atoms with Crippen LogP contribution in [0.2, 0.25) is 0 Å². The summed E-state index contributed by atoms with van der Waals surface area (Å²) in [6, 6.07) is 21.5. The molecule has 0 spiro atoms. The Labute approximate surface area is 154 Å². The predicted molar refractivity (Wildman–Crippen MR) is 105 cm³/mol. The second-order valence-corrected chi connectivity index (χ2v) is 6.98. The molecule has 0 aliphatic heterocycles. The van der Waals surface area contributed by atoms with E-state index in [0.717, 1.165) is 27.6 Å². The van der Waals surface area contributed by atoms with Crippen molar-refractivity contribution in [2.24, 2.45) is 5.92 Å². The first-order valence-electron chi connectivity index (χ1n) is 8.97. The Morgan fingerprint density at radius 2 is 1.65 bits per heavy atom. The second kappa shape index (κ2) is 8.05. The number of ether oxygens (including phenoxy) is 1. The lowest BCUT2D eigenvalue weighted by molar-refractivity contribution is -0.138. The average Bonchev–Trinajstić information content (AvgIpc) is 2.64. The third kappa shape index (κ3) is 4.05. The molecule has 0 aliphatic carbocycles. The van der Waals surface area contributed by atoms with E-state index < -0.39 is 11.9 Å². The van der Waals surface area contributed by atoms with Crippen LogP contribution in [0, 0.1) is 5.92 Å². The van der Waals surface area contributed by atoms with Gasteiger partial charge in [-0.15, -0.1) is 0 Å². The fraction of sp³-hybridized carbons (Fsp3) is 0.261. The second-order valence-electron chi connectivity index (χ2n) is 6.98. The molecule has 3 nitrogen and oxygen atoms in total. The van der Waals surface area contributed by atoms with E-state index in [1.807, 2.05) is 66.7 Å². The number of carboxylic acid groups (broad SMARTS) is 1. The molecule has 0 amide bonds. The van der Waals surface area contributed by atoms with Crippen LogP contribution < -0.4 is 4.74 Å². The molecule has 26 heavy (non-hydrogen) atoms. The zero-order valence-electron chi connectivity index (χ0n) is 15.2. The lowest BCUT2D eigenvalue weighted by Crippen LogP contribution is -2.16. The first-order valence-corrected chi connectivity index (χ1v) is 8.97. The summed E-state index contributed by atoms with van der Waals surface area (Å²) in [5.41, 5.74) is 1.77. The van der Waals surface area contributed by atoms with Crippen molar-refractivity contribution in [1.29, 1.82) is 0 Å². The number of rotatable bonds is 7. The maximum absolute atomic E-state index is 12.1. The monoisotopic (exact) mass is 348 g/mol. The van der Waals surface area contributed by atoms with Crippen molar-refractivity contribution in [1.82, 2.24) is 0 Å². The Kier molecular flexibility index (Phi) is 5.57. The number of hydrogen-bond acceptors (Lipinski definition) is 2. The van der Waals surface area contributed by atoms with Crippen molar-refractivity contribution >= 4 is 16.7 Å². The van der Waals surface area contributed by atoms with Crippen LogP contribution in [0.15, 0.2) is 66.7 Å². The van der Waals surface area contributed by atoms with Gasteiger partial charge in [0.2, 0.25) is 0 Å². The van der Waals surface area contributed by atoms with Crippen molar-refractivity contribution in [3.8, 4) is 5.75 Å². The molecule has 0 fully saturated rings. The number of benzene rings is 3. The van der Waals surface area contributed by atoms with Crippen LogP contribution in [0.4, 0.5) is 0 Å². The van der Waals surface area contributed by atoms with Crippen molar-refractivity contribution in [2.45, 2.75) is 26.2 Å². The van der Waals surface area contributed by atoms with Gasteiger partial charge in [-0.3, -0.25) is 4.79 Å². The van der Waals surface area contributed by atoms with Gasteiger partial charge in [-0.2, -0.15) is 0 Å². The van der Waals surface area contributed by atoms with Gasteiger partial charge in [0.15, 0.2) is 0 Å². The third-order valence-electron chi connectivity index (χ3n) is 4.47.